The Morgan fingerprint density at radius 1 is 1.00 bits per heavy atom. The van der Waals surface area contributed by atoms with Gasteiger partial charge in [-0.3, -0.25) is 0 Å². The number of phenolic OH excluding ortho intramolecular Hbond substituents is 1. The zero-order valence-corrected chi connectivity index (χ0v) is 14.3. The topological polar surface area (TPSA) is 50.9 Å². The van der Waals surface area contributed by atoms with Crippen LogP contribution in [0.25, 0.3) is 16.7 Å². The molecule has 0 spiro atoms. The van der Waals surface area contributed by atoms with E-state index in [1.54, 1.807) is 4.80 Å². The molecule has 23 heavy (non-hydrogen) atoms. The first-order valence-corrected chi connectivity index (χ1v) is 7.97. The van der Waals surface area contributed by atoms with Crippen molar-refractivity contribution in [1.82, 2.24) is 15.0 Å². The van der Waals surface area contributed by atoms with E-state index in [0.29, 0.717) is 11.6 Å². The molecule has 1 N–H and O–H groups in total. The molecule has 0 saturated carbocycles. The Bertz CT molecular complexity index is 824. The van der Waals surface area contributed by atoms with Gasteiger partial charge in [0.1, 0.15) is 22.5 Å². The molecule has 0 amide bonds. The average Bonchev–Trinajstić information content (AvgIpc) is 2.89. The number of hydrogen-bond donors (Lipinski definition) is 1. The molecule has 3 rings (SSSR count). The molecule has 2 aromatic carbocycles. The molecule has 4 nitrogen and oxygen atoms in total. The molecule has 0 bridgehead atoms. The van der Waals surface area contributed by atoms with Crippen LogP contribution in [0.2, 0.25) is 0 Å². The van der Waals surface area contributed by atoms with E-state index in [2.05, 4.69) is 50.9 Å². The summed E-state index contributed by atoms with van der Waals surface area (Å²) < 4.78 is 0. The van der Waals surface area contributed by atoms with Crippen molar-refractivity contribution in [2.45, 2.75) is 46.0 Å². The highest BCUT2D eigenvalue weighted by Gasteiger charge is 2.23. The first-order chi connectivity index (χ1) is 10.8. The van der Waals surface area contributed by atoms with Crippen LogP contribution in [0.5, 0.6) is 5.75 Å². The predicted octanol–water partition coefficient (Wildman–Crippen LogP) is 4.55. The van der Waals surface area contributed by atoms with Gasteiger partial charge in [0.2, 0.25) is 0 Å². The van der Waals surface area contributed by atoms with Crippen LogP contribution in [0.3, 0.4) is 0 Å². The van der Waals surface area contributed by atoms with Crippen molar-refractivity contribution >= 4 is 11.0 Å². The van der Waals surface area contributed by atoms with Crippen LogP contribution < -0.4 is 0 Å². The van der Waals surface area contributed by atoms with Gasteiger partial charge in [0.05, 0.1) is 0 Å². The van der Waals surface area contributed by atoms with Crippen LogP contribution in [0.1, 0.15) is 51.7 Å². The van der Waals surface area contributed by atoms with Crippen molar-refractivity contribution in [3.63, 3.8) is 0 Å². The van der Waals surface area contributed by atoms with E-state index in [9.17, 15) is 5.11 Å². The fraction of sp³-hybridized carbons (Fsp3) is 0.368. The van der Waals surface area contributed by atoms with Gasteiger partial charge in [-0.25, -0.2) is 0 Å². The van der Waals surface area contributed by atoms with Gasteiger partial charge in [-0.1, -0.05) is 52.8 Å². The van der Waals surface area contributed by atoms with E-state index in [4.69, 9.17) is 0 Å². The van der Waals surface area contributed by atoms with Crippen LogP contribution in [0.4, 0.5) is 0 Å². The molecule has 0 aliphatic heterocycles. The Balaban J connectivity index is 2.27. The number of hydrogen-bond acceptors (Lipinski definition) is 3. The van der Waals surface area contributed by atoms with Gasteiger partial charge in [0, 0.05) is 5.56 Å². The van der Waals surface area contributed by atoms with E-state index in [1.807, 2.05) is 30.3 Å². The highest BCUT2D eigenvalue weighted by molar-refractivity contribution is 5.73. The van der Waals surface area contributed by atoms with Crippen LogP contribution >= 0.6 is 0 Å². The lowest BCUT2D eigenvalue weighted by molar-refractivity contribution is 0.439. The molecule has 1 heterocycles. The lowest BCUT2D eigenvalue weighted by atomic mass is 9.83. The third-order valence-corrected chi connectivity index (χ3v) is 4.09. The Hall–Kier alpha value is -2.36. The Morgan fingerprint density at radius 2 is 1.57 bits per heavy atom. The fourth-order valence-electron chi connectivity index (χ4n) is 2.67. The van der Waals surface area contributed by atoms with Crippen molar-refractivity contribution in [3.05, 3.63) is 47.5 Å². The van der Waals surface area contributed by atoms with Gasteiger partial charge < -0.3 is 5.11 Å². The minimum atomic E-state index is -0.156. The molecule has 0 unspecified atom stereocenters. The van der Waals surface area contributed by atoms with E-state index >= 15 is 0 Å². The molecular weight excluding hydrogens is 286 g/mol. The average molecular weight is 309 g/mol. The molecule has 120 valence electrons. The lowest BCUT2D eigenvalue weighted by Crippen LogP contribution is -2.14. The number of rotatable bonds is 2. The maximum absolute atomic E-state index is 10.8. The summed E-state index contributed by atoms with van der Waals surface area (Å²) in [4.78, 5) is 1.54. The maximum Gasteiger partial charge on any atom is 0.146 e. The largest absolute Gasteiger partial charge is 0.505 e. The van der Waals surface area contributed by atoms with Gasteiger partial charge in [-0.2, -0.15) is 0 Å². The minimum absolute atomic E-state index is 0.156. The van der Waals surface area contributed by atoms with Crippen molar-refractivity contribution in [1.29, 1.82) is 0 Å². The second-order valence-corrected chi connectivity index (χ2v) is 7.32. The summed E-state index contributed by atoms with van der Waals surface area (Å²) >= 11 is 0. The quantitative estimate of drug-likeness (QED) is 0.755. The van der Waals surface area contributed by atoms with E-state index < -0.39 is 0 Å². The summed E-state index contributed by atoms with van der Waals surface area (Å²) in [5.74, 6) is 0.614. The summed E-state index contributed by atoms with van der Waals surface area (Å²) in [6.07, 6.45) is 0. The Morgan fingerprint density at radius 3 is 2.04 bits per heavy atom. The molecule has 0 fully saturated rings. The highest BCUT2D eigenvalue weighted by atomic mass is 16.3. The summed E-state index contributed by atoms with van der Waals surface area (Å²) in [5, 5.41) is 19.8. The zero-order valence-electron chi connectivity index (χ0n) is 14.3. The van der Waals surface area contributed by atoms with Crippen molar-refractivity contribution in [2.75, 3.05) is 0 Å². The van der Waals surface area contributed by atoms with Crippen LogP contribution in [0, 0.1) is 0 Å². The Labute approximate surface area is 136 Å². The smallest absolute Gasteiger partial charge is 0.146 e. The fourth-order valence-corrected chi connectivity index (χ4v) is 2.67. The first kappa shape index (κ1) is 15.5. The van der Waals surface area contributed by atoms with Crippen LogP contribution in [-0.2, 0) is 5.41 Å². The van der Waals surface area contributed by atoms with Crippen molar-refractivity contribution in [3.8, 4) is 11.4 Å². The van der Waals surface area contributed by atoms with E-state index in [-0.39, 0.29) is 11.2 Å². The predicted molar refractivity (Wildman–Crippen MR) is 93.3 cm³/mol. The molecular formula is C19H23N3O. The second kappa shape index (κ2) is 5.37. The molecule has 0 radical (unpaired) electrons. The number of aromatic hydroxyl groups is 1. The Kier molecular flexibility index (Phi) is 3.63. The summed E-state index contributed by atoms with van der Waals surface area (Å²) in [6.45, 7) is 10.6. The number of fused-ring (bicyclic) bond motifs is 1. The highest BCUT2D eigenvalue weighted by Crippen LogP contribution is 2.37. The third-order valence-electron chi connectivity index (χ3n) is 4.09. The second-order valence-electron chi connectivity index (χ2n) is 7.32. The van der Waals surface area contributed by atoms with E-state index in [0.717, 1.165) is 16.6 Å². The van der Waals surface area contributed by atoms with Crippen LogP contribution in [0.15, 0.2) is 36.4 Å². The summed E-state index contributed by atoms with van der Waals surface area (Å²) in [6, 6.07) is 11.8. The van der Waals surface area contributed by atoms with Crippen molar-refractivity contribution < 1.29 is 5.11 Å². The molecule has 0 aliphatic carbocycles. The normalized spacial score (nSPS) is 12.3. The third kappa shape index (κ3) is 2.81. The molecule has 1 aromatic heterocycles. The molecule has 3 aromatic rings. The molecule has 0 atom stereocenters. The zero-order chi connectivity index (χ0) is 16.8. The summed E-state index contributed by atoms with van der Waals surface area (Å²) in [7, 11) is 0. The number of phenols is 1. The maximum atomic E-state index is 10.8. The number of benzene rings is 2. The number of aromatic nitrogens is 3. The molecule has 0 aliphatic rings. The molecule has 0 saturated heterocycles. The van der Waals surface area contributed by atoms with Gasteiger partial charge in [0.15, 0.2) is 0 Å². The summed E-state index contributed by atoms with van der Waals surface area (Å²) in [5.41, 5.74) is 4.20. The monoisotopic (exact) mass is 309 g/mol. The van der Waals surface area contributed by atoms with Gasteiger partial charge in [0.25, 0.3) is 0 Å². The van der Waals surface area contributed by atoms with Gasteiger partial charge in [-0.15, -0.1) is 15.0 Å². The first-order valence-electron chi connectivity index (χ1n) is 7.97. The SMILES string of the molecule is CC(C)c1cc(-n2nc3ccccc3n2)c(O)c(C(C)(C)C)c1. The molecule has 4 heteroatoms. The standard InChI is InChI=1S/C19H23N3O/c1-12(2)13-10-14(19(3,4)5)18(23)17(11-13)22-20-15-8-6-7-9-16(15)21-22/h6-12,23H,1-5H3. The van der Waals surface area contributed by atoms with Gasteiger partial charge in [-0.05, 0) is 35.1 Å². The lowest BCUT2D eigenvalue weighted by Gasteiger charge is -2.23. The minimum Gasteiger partial charge on any atom is -0.505 e. The van der Waals surface area contributed by atoms with Crippen molar-refractivity contribution in [2.24, 2.45) is 0 Å². The van der Waals surface area contributed by atoms with Gasteiger partial charge >= 0.3 is 0 Å². The van der Waals surface area contributed by atoms with E-state index in [1.165, 1.54) is 5.56 Å². The van der Waals surface area contributed by atoms with Crippen LogP contribution in [-0.4, -0.2) is 20.1 Å². The number of nitrogens with zero attached hydrogens (tertiary/aromatic N) is 3.